The molecule has 0 saturated carbocycles. The molecular formula is C22H23N3O6S2. The normalized spacial score (nSPS) is 14.9. The average molecular weight is 490 g/mol. The van der Waals surface area contributed by atoms with Gasteiger partial charge in [-0.2, -0.15) is 4.31 Å². The molecule has 0 atom stereocenters. The van der Waals surface area contributed by atoms with Crippen molar-refractivity contribution in [2.24, 2.45) is 0 Å². The summed E-state index contributed by atoms with van der Waals surface area (Å²) < 4.78 is 56.3. The van der Waals surface area contributed by atoms with E-state index in [1.807, 2.05) is 0 Å². The van der Waals surface area contributed by atoms with Crippen molar-refractivity contribution < 1.29 is 26.7 Å². The Bertz CT molecular complexity index is 1400. The van der Waals surface area contributed by atoms with Crippen LogP contribution in [-0.4, -0.2) is 49.9 Å². The number of rotatable bonds is 7. The molecule has 2 heterocycles. The molecule has 0 aliphatic carbocycles. The van der Waals surface area contributed by atoms with Crippen LogP contribution < -0.4 is 4.72 Å². The number of aryl methyl sites for hydroxylation is 1. The molecule has 4 rings (SSSR count). The number of hydrogen-bond acceptors (Lipinski definition) is 5. The highest BCUT2D eigenvalue weighted by Gasteiger charge is 2.27. The summed E-state index contributed by atoms with van der Waals surface area (Å²) in [4.78, 5) is 11.4. The van der Waals surface area contributed by atoms with Gasteiger partial charge >= 0.3 is 5.97 Å². The van der Waals surface area contributed by atoms with Crippen LogP contribution in [0.4, 0.5) is 5.69 Å². The Morgan fingerprint density at radius 1 is 0.939 bits per heavy atom. The predicted molar refractivity (Wildman–Crippen MR) is 123 cm³/mol. The molecule has 1 aromatic heterocycles. The van der Waals surface area contributed by atoms with Gasteiger partial charge < -0.3 is 9.67 Å². The number of nitrogens with zero attached hydrogens (tertiary/aromatic N) is 2. The Balaban J connectivity index is 1.56. The van der Waals surface area contributed by atoms with Crippen LogP contribution in [0.1, 0.15) is 28.9 Å². The number of anilines is 1. The largest absolute Gasteiger partial charge is 0.477 e. The molecule has 174 valence electrons. The van der Waals surface area contributed by atoms with E-state index in [0.29, 0.717) is 30.0 Å². The fourth-order valence-corrected chi connectivity index (χ4v) is 6.40. The first-order valence-corrected chi connectivity index (χ1v) is 13.2. The monoisotopic (exact) mass is 489 g/mol. The Labute approximate surface area is 192 Å². The summed E-state index contributed by atoms with van der Waals surface area (Å²) in [6.07, 6.45) is 3.25. The van der Waals surface area contributed by atoms with Gasteiger partial charge in [0, 0.05) is 30.7 Å². The van der Waals surface area contributed by atoms with E-state index in [0.717, 1.165) is 12.8 Å². The summed E-state index contributed by atoms with van der Waals surface area (Å²) in [7, 11) is -7.59. The number of aromatic nitrogens is 1. The minimum absolute atomic E-state index is 0.0597. The Morgan fingerprint density at radius 2 is 1.58 bits per heavy atom. The van der Waals surface area contributed by atoms with E-state index in [9.17, 15) is 26.7 Å². The lowest BCUT2D eigenvalue weighted by Crippen LogP contribution is -2.27. The molecule has 33 heavy (non-hydrogen) atoms. The lowest BCUT2D eigenvalue weighted by atomic mass is 10.1. The van der Waals surface area contributed by atoms with Gasteiger partial charge in [-0.25, -0.2) is 21.6 Å². The zero-order valence-corrected chi connectivity index (χ0v) is 19.4. The maximum atomic E-state index is 12.8. The summed E-state index contributed by atoms with van der Waals surface area (Å²) >= 11 is 0. The average Bonchev–Trinajstić information content (AvgIpc) is 3.46. The molecule has 1 fully saturated rings. The van der Waals surface area contributed by atoms with Crippen molar-refractivity contribution >= 4 is 31.7 Å². The quantitative estimate of drug-likeness (QED) is 0.525. The second-order valence-electron chi connectivity index (χ2n) is 7.76. The van der Waals surface area contributed by atoms with Crippen LogP contribution in [0.15, 0.2) is 70.6 Å². The molecule has 0 amide bonds. The lowest BCUT2D eigenvalue weighted by molar-refractivity contribution is 0.0688. The zero-order valence-electron chi connectivity index (χ0n) is 17.8. The number of carboxylic acids is 1. The molecule has 0 unspecified atom stereocenters. The molecule has 9 nitrogen and oxygen atoms in total. The predicted octanol–water partition coefficient (Wildman–Crippen LogP) is 3.07. The van der Waals surface area contributed by atoms with Crippen molar-refractivity contribution in [2.75, 3.05) is 17.8 Å². The van der Waals surface area contributed by atoms with Crippen LogP contribution in [0, 0.1) is 6.92 Å². The van der Waals surface area contributed by atoms with Gasteiger partial charge in [0.05, 0.1) is 9.79 Å². The van der Waals surface area contributed by atoms with Crippen molar-refractivity contribution in [2.45, 2.75) is 29.6 Å². The zero-order chi connectivity index (χ0) is 23.8. The minimum Gasteiger partial charge on any atom is -0.477 e. The molecule has 2 aromatic carbocycles. The van der Waals surface area contributed by atoms with E-state index in [-0.39, 0.29) is 15.5 Å². The van der Waals surface area contributed by atoms with Gasteiger partial charge in [0.25, 0.3) is 10.0 Å². The summed E-state index contributed by atoms with van der Waals surface area (Å²) in [5.41, 5.74) is 1.67. The molecule has 11 heteroatoms. The fraction of sp³-hybridized carbons (Fsp3) is 0.227. The summed E-state index contributed by atoms with van der Waals surface area (Å²) in [5, 5.41) is 9.32. The number of carbonyl (C=O) groups is 1. The van der Waals surface area contributed by atoms with Gasteiger partial charge in [0.1, 0.15) is 5.69 Å². The molecule has 0 spiro atoms. The van der Waals surface area contributed by atoms with E-state index >= 15 is 0 Å². The van der Waals surface area contributed by atoms with Crippen LogP contribution >= 0.6 is 0 Å². The fourth-order valence-electron chi connectivity index (χ4n) is 3.84. The van der Waals surface area contributed by atoms with Crippen molar-refractivity contribution in [1.82, 2.24) is 8.87 Å². The summed E-state index contributed by atoms with van der Waals surface area (Å²) in [6.45, 7) is 2.68. The molecule has 0 bridgehead atoms. The molecule has 0 radical (unpaired) electrons. The standard InChI is InChI=1S/C22H23N3O6S2/c1-16-15-17(6-11-20(16)25-14-4-5-21(25)22(26)27)23-32(28,29)18-7-9-19(10-8-18)33(30,31)24-12-2-3-13-24/h4-11,14-15,23H,2-3,12-13H2,1H3,(H,26,27). The Hall–Kier alpha value is -3.15. The van der Waals surface area contributed by atoms with Gasteiger partial charge in [0.2, 0.25) is 10.0 Å². The van der Waals surface area contributed by atoms with Gasteiger partial charge in [-0.05, 0) is 79.9 Å². The molecule has 1 aliphatic heterocycles. The Kier molecular flexibility index (Phi) is 6.04. The second kappa shape index (κ2) is 8.65. The van der Waals surface area contributed by atoms with Crippen LogP contribution in [0.5, 0.6) is 0 Å². The highest BCUT2D eigenvalue weighted by Crippen LogP contribution is 2.25. The molecule has 1 saturated heterocycles. The van der Waals surface area contributed by atoms with E-state index < -0.39 is 26.0 Å². The maximum absolute atomic E-state index is 12.8. The van der Waals surface area contributed by atoms with Crippen molar-refractivity contribution in [3.8, 4) is 5.69 Å². The molecular weight excluding hydrogens is 466 g/mol. The van der Waals surface area contributed by atoms with E-state index in [1.54, 1.807) is 31.3 Å². The van der Waals surface area contributed by atoms with Crippen molar-refractivity contribution in [1.29, 1.82) is 0 Å². The van der Waals surface area contributed by atoms with Crippen LogP contribution in [0.3, 0.4) is 0 Å². The van der Waals surface area contributed by atoms with Crippen LogP contribution in [0.25, 0.3) is 5.69 Å². The third-order valence-corrected chi connectivity index (χ3v) is 8.82. The van der Waals surface area contributed by atoms with Gasteiger partial charge in [-0.1, -0.05) is 0 Å². The second-order valence-corrected chi connectivity index (χ2v) is 11.4. The lowest BCUT2D eigenvalue weighted by Gasteiger charge is -2.16. The minimum atomic E-state index is -3.96. The van der Waals surface area contributed by atoms with Gasteiger partial charge in [-0.3, -0.25) is 4.72 Å². The van der Waals surface area contributed by atoms with Crippen molar-refractivity contribution in [3.05, 3.63) is 72.1 Å². The van der Waals surface area contributed by atoms with E-state index in [4.69, 9.17) is 0 Å². The highest BCUT2D eigenvalue weighted by atomic mass is 32.2. The summed E-state index contributed by atoms with van der Waals surface area (Å²) in [6, 6.07) is 13.0. The SMILES string of the molecule is Cc1cc(NS(=O)(=O)c2ccc(S(=O)(=O)N3CCCC3)cc2)ccc1-n1cccc1C(=O)O. The first kappa shape index (κ1) is 23.0. The molecule has 3 aromatic rings. The third kappa shape index (κ3) is 4.52. The first-order valence-electron chi connectivity index (χ1n) is 10.2. The molecule has 1 aliphatic rings. The van der Waals surface area contributed by atoms with Crippen LogP contribution in [-0.2, 0) is 20.0 Å². The van der Waals surface area contributed by atoms with Crippen LogP contribution in [0.2, 0.25) is 0 Å². The number of aromatic carboxylic acids is 1. The molecule has 2 N–H and O–H groups in total. The van der Waals surface area contributed by atoms with Crippen molar-refractivity contribution in [3.63, 3.8) is 0 Å². The highest BCUT2D eigenvalue weighted by molar-refractivity contribution is 7.92. The first-order chi connectivity index (χ1) is 15.6. The maximum Gasteiger partial charge on any atom is 0.352 e. The number of hydrogen-bond donors (Lipinski definition) is 2. The number of sulfonamides is 2. The number of carboxylic acid groups (broad SMARTS) is 1. The van der Waals surface area contributed by atoms with E-state index in [2.05, 4.69) is 4.72 Å². The van der Waals surface area contributed by atoms with Gasteiger partial charge in [-0.15, -0.1) is 0 Å². The van der Waals surface area contributed by atoms with Gasteiger partial charge in [0.15, 0.2) is 0 Å². The third-order valence-electron chi connectivity index (χ3n) is 5.51. The Morgan fingerprint density at radius 3 is 2.18 bits per heavy atom. The summed E-state index contributed by atoms with van der Waals surface area (Å²) in [5.74, 6) is -1.07. The van der Waals surface area contributed by atoms with E-state index in [1.165, 1.54) is 45.3 Å². The number of nitrogens with one attached hydrogen (secondary N) is 1. The number of benzene rings is 2. The smallest absolute Gasteiger partial charge is 0.352 e. The topological polar surface area (TPSA) is 126 Å².